The van der Waals surface area contributed by atoms with E-state index in [1.54, 1.807) is 0 Å². The Kier molecular flexibility index (Phi) is 6.76. The molecule has 0 spiro atoms. The molecule has 0 radical (unpaired) electrons. The molecule has 0 N–H and O–H groups in total. The van der Waals surface area contributed by atoms with Crippen LogP contribution in [0.15, 0.2) is 35.7 Å². The third-order valence-corrected chi connectivity index (χ3v) is 1.87. The maximum absolute atomic E-state index is 12.5. The van der Waals surface area contributed by atoms with Gasteiger partial charge in [0.15, 0.2) is 0 Å². The van der Waals surface area contributed by atoms with Crippen molar-refractivity contribution in [1.82, 2.24) is 0 Å². The van der Waals surface area contributed by atoms with Crippen molar-refractivity contribution in [3.8, 4) is 0 Å². The van der Waals surface area contributed by atoms with Crippen LogP contribution in [0.2, 0.25) is 0 Å². The molecule has 0 aromatic heterocycles. The normalized spacial score (nSPS) is 12.2. The fraction of sp³-hybridized carbons (Fsp3) is 0.333. The largest absolute Gasteiger partial charge is 0.465 e. The van der Waals surface area contributed by atoms with E-state index in [0.29, 0.717) is 12.0 Å². The highest BCUT2D eigenvalue weighted by molar-refractivity contribution is 5.92. The molecule has 0 aliphatic heterocycles. The van der Waals surface area contributed by atoms with Gasteiger partial charge in [-0.05, 0) is 25.0 Å². The number of esters is 1. The number of carbonyl (C=O) groups excluding carboxylic acids is 2. The average Bonchev–Trinajstić information content (AvgIpc) is 2.27. The molecule has 0 aromatic rings. The first-order valence-electron chi connectivity index (χ1n) is 4.77. The van der Waals surface area contributed by atoms with Gasteiger partial charge in [-0.15, -0.1) is 0 Å². The summed E-state index contributed by atoms with van der Waals surface area (Å²) in [6, 6.07) is 0. The zero-order valence-electron chi connectivity index (χ0n) is 9.46. The second kappa shape index (κ2) is 7.56. The summed E-state index contributed by atoms with van der Waals surface area (Å²) in [6.45, 7) is 4.83. The van der Waals surface area contributed by atoms with Crippen molar-refractivity contribution in [3.63, 3.8) is 0 Å². The smallest absolute Gasteiger partial charge is 0.337 e. The molecule has 0 saturated heterocycles. The Labute approximate surface area is 94.3 Å². The summed E-state index contributed by atoms with van der Waals surface area (Å²) >= 11 is 0. The van der Waals surface area contributed by atoms with Crippen LogP contribution in [0.5, 0.6) is 0 Å². The van der Waals surface area contributed by atoms with Gasteiger partial charge in [0.1, 0.15) is 6.29 Å². The monoisotopic (exact) mass is 226 g/mol. The van der Waals surface area contributed by atoms with Crippen LogP contribution in [0.25, 0.3) is 0 Å². The second-order valence-corrected chi connectivity index (χ2v) is 3.12. The molecule has 0 saturated carbocycles. The van der Waals surface area contributed by atoms with Crippen LogP contribution >= 0.6 is 0 Å². The standard InChI is InChI=1S/C12H15FO3/c1-9(13)6-7-11(5-4-8-14)10(2)12(15)16-3/h6-8H,2,4-5H2,1,3H3. The Morgan fingerprint density at radius 2 is 2.06 bits per heavy atom. The summed E-state index contributed by atoms with van der Waals surface area (Å²) in [6.07, 6.45) is 3.96. The minimum atomic E-state index is -0.581. The lowest BCUT2D eigenvalue weighted by Gasteiger charge is -2.06. The molecule has 0 aliphatic carbocycles. The fourth-order valence-electron chi connectivity index (χ4n) is 1.02. The highest BCUT2D eigenvalue weighted by atomic mass is 19.1. The molecule has 0 heterocycles. The highest BCUT2D eigenvalue weighted by Crippen LogP contribution is 2.16. The summed E-state index contributed by atoms with van der Waals surface area (Å²) in [4.78, 5) is 21.4. The van der Waals surface area contributed by atoms with Gasteiger partial charge in [-0.2, -0.15) is 0 Å². The Hall–Kier alpha value is -1.71. The van der Waals surface area contributed by atoms with E-state index in [9.17, 15) is 14.0 Å². The van der Waals surface area contributed by atoms with Gasteiger partial charge in [0.05, 0.1) is 18.5 Å². The zero-order chi connectivity index (χ0) is 12.6. The first-order chi connectivity index (χ1) is 7.52. The van der Waals surface area contributed by atoms with Crippen LogP contribution in [0.1, 0.15) is 19.8 Å². The number of methoxy groups -OCH3 is 1. The SMILES string of the molecule is C=C(C(=O)OC)C(=CC=C(C)F)CCC=O. The number of aldehydes is 1. The van der Waals surface area contributed by atoms with Gasteiger partial charge in [0.2, 0.25) is 0 Å². The van der Waals surface area contributed by atoms with E-state index >= 15 is 0 Å². The van der Waals surface area contributed by atoms with E-state index in [1.807, 2.05) is 0 Å². The van der Waals surface area contributed by atoms with Crippen molar-refractivity contribution in [3.05, 3.63) is 35.7 Å². The summed E-state index contributed by atoms with van der Waals surface area (Å²) < 4.78 is 17.0. The topological polar surface area (TPSA) is 43.4 Å². The molecular weight excluding hydrogens is 211 g/mol. The molecule has 0 fully saturated rings. The highest BCUT2D eigenvalue weighted by Gasteiger charge is 2.11. The third-order valence-electron chi connectivity index (χ3n) is 1.87. The quantitative estimate of drug-likeness (QED) is 0.302. The Balaban J connectivity index is 4.86. The first-order valence-corrected chi connectivity index (χ1v) is 4.77. The summed E-state index contributed by atoms with van der Waals surface area (Å²) in [5.74, 6) is -0.969. The van der Waals surface area contributed by atoms with Gasteiger partial charge in [-0.25, -0.2) is 9.18 Å². The fourth-order valence-corrected chi connectivity index (χ4v) is 1.02. The Bertz CT molecular complexity index is 336. The summed E-state index contributed by atoms with van der Waals surface area (Å²) in [5, 5.41) is 0. The van der Waals surface area contributed by atoms with Gasteiger partial charge < -0.3 is 9.53 Å². The molecule has 0 atom stereocenters. The Morgan fingerprint density at radius 1 is 1.44 bits per heavy atom. The molecule has 0 aliphatic rings. The van der Waals surface area contributed by atoms with Crippen LogP contribution < -0.4 is 0 Å². The predicted octanol–water partition coefficient (Wildman–Crippen LogP) is 2.49. The van der Waals surface area contributed by atoms with Gasteiger partial charge in [0.25, 0.3) is 0 Å². The second-order valence-electron chi connectivity index (χ2n) is 3.12. The minimum absolute atomic E-state index is 0.141. The number of rotatable bonds is 6. The van der Waals surface area contributed by atoms with Crippen LogP contribution in [-0.4, -0.2) is 19.4 Å². The lowest BCUT2D eigenvalue weighted by molar-refractivity contribution is -0.135. The van der Waals surface area contributed by atoms with Gasteiger partial charge in [0, 0.05) is 6.42 Å². The molecule has 16 heavy (non-hydrogen) atoms. The van der Waals surface area contributed by atoms with Gasteiger partial charge >= 0.3 is 5.97 Å². The molecule has 3 nitrogen and oxygen atoms in total. The summed E-state index contributed by atoms with van der Waals surface area (Å²) in [5.41, 5.74) is 0.637. The van der Waals surface area contributed by atoms with Gasteiger partial charge in [-0.1, -0.05) is 12.7 Å². The number of halogens is 1. The van der Waals surface area contributed by atoms with Gasteiger partial charge in [-0.3, -0.25) is 0 Å². The van der Waals surface area contributed by atoms with E-state index in [0.717, 1.165) is 6.29 Å². The number of allylic oxidation sites excluding steroid dienone is 3. The van der Waals surface area contributed by atoms with Crippen molar-refractivity contribution in [2.24, 2.45) is 0 Å². The van der Waals surface area contributed by atoms with E-state index in [2.05, 4.69) is 11.3 Å². The van der Waals surface area contributed by atoms with Crippen LogP contribution in [0.3, 0.4) is 0 Å². The molecule has 0 amide bonds. The van der Waals surface area contributed by atoms with Crippen molar-refractivity contribution >= 4 is 12.3 Å². The van der Waals surface area contributed by atoms with Crippen molar-refractivity contribution in [2.45, 2.75) is 19.8 Å². The molecule has 0 bridgehead atoms. The maximum atomic E-state index is 12.5. The molecular formula is C12H15FO3. The predicted molar refractivity (Wildman–Crippen MR) is 59.4 cm³/mol. The lowest BCUT2D eigenvalue weighted by Crippen LogP contribution is -2.06. The molecule has 88 valence electrons. The number of carbonyl (C=O) groups is 2. The average molecular weight is 226 g/mol. The van der Waals surface area contributed by atoms with E-state index in [4.69, 9.17) is 0 Å². The molecule has 4 heteroatoms. The molecule has 0 rings (SSSR count). The van der Waals surface area contributed by atoms with Crippen molar-refractivity contribution < 1.29 is 18.7 Å². The number of hydrogen-bond donors (Lipinski definition) is 0. The summed E-state index contributed by atoms with van der Waals surface area (Å²) in [7, 11) is 1.24. The van der Waals surface area contributed by atoms with Crippen molar-refractivity contribution in [1.29, 1.82) is 0 Å². The zero-order valence-corrected chi connectivity index (χ0v) is 9.46. The lowest BCUT2D eigenvalue weighted by atomic mass is 10.0. The van der Waals surface area contributed by atoms with E-state index in [-0.39, 0.29) is 17.8 Å². The minimum Gasteiger partial charge on any atom is -0.465 e. The molecule has 0 unspecified atom stereocenters. The van der Waals surface area contributed by atoms with Crippen LogP contribution in [-0.2, 0) is 14.3 Å². The van der Waals surface area contributed by atoms with Crippen LogP contribution in [0, 0.1) is 0 Å². The number of hydrogen-bond acceptors (Lipinski definition) is 3. The van der Waals surface area contributed by atoms with E-state index < -0.39 is 5.97 Å². The first kappa shape index (κ1) is 14.3. The molecule has 0 aromatic carbocycles. The Morgan fingerprint density at radius 3 is 2.50 bits per heavy atom. The van der Waals surface area contributed by atoms with Crippen molar-refractivity contribution in [2.75, 3.05) is 7.11 Å². The van der Waals surface area contributed by atoms with E-state index in [1.165, 1.54) is 26.2 Å². The number of ether oxygens (including phenoxy) is 1. The third kappa shape index (κ3) is 5.24. The maximum Gasteiger partial charge on any atom is 0.337 e. The van der Waals surface area contributed by atoms with Crippen LogP contribution in [0.4, 0.5) is 4.39 Å².